The van der Waals surface area contributed by atoms with Crippen LogP contribution in [0.1, 0.15) is 79.8 Å². The maximum absolute atomic E-state index is 14.9. The van der Waals surface area contributed by atoms with Gasteiger partial charge in [0.05, 0.1) is 18.8 Å². The lowest BCUT2D eigenvalue weighted by Crippen LogP contribution is -2.65. The summed E-state index contributed by atoms with van der Waals surface area (Å²) in [5.74, 6) is -3.66. The molecule has 2 aliphatic rings. The number of anilines is 1. The Hall–Kier alpha value is -3.30. The Morgan fingerprint density at radius 1 is 1.14 bits per heavy atom. The Kier molecular flexibility index (Phi) is 7.18. The van der Waals surface area contributed by atoms with Crippen molar-refractivity contribution in [3.8, 4) is 0 Å². The highest BCUT2D eigenvalue weighted by atomic mass is 19.1. The first-order valence-electron chi connectivity index (χ1n) is 12.1. The van der Waals surface area contributed by atoms with Crippen LogP contribution in [0.2, 0.25) is 0 Å². The topological polar surface area (TPSA) is 93.5 Å². The molecular formula is C25H30F2N4O4. The quantitative estimate of drug-likeness (QED) is 0.643. The van der Waals surface area contributed by atoms with Crippen molar-refractivity contribution in [1.29, 1.82) is 0 Å². The van der Waals surface area contributed by atoms with Crippen LogP contribution in [0.25, 0.3) is 0 Å². The van der Waals surface area contributed by atoms with Crippen LogP contribution in [0.15, 0.2) is 24.3 Å². The minimum Gasteiger partial charge on any atom is -0.461 e. The number of nitrogens with one attached hydrogen (secondary N) is 1. The number of benzene rings is 1. The Morgan fingerprint density at radius 2 is 1.83 bits per heavy atom. The monoisotopic (exact) mass is 488 g/mol. The maximum atomic E-state index is 14.9. The summed E-state index contributed by atoms with van der Waals surface area (Å²) in [4.78, 5) is 40.6. The first-order valence-corrected chi connectivity index (χ1v) is 12.1. The molecule has 35 heavy (non-hydrogen) atoms. The summed E-state index contributed by atoms with van der Waals surface area (Å²) < 4.78 is 34.8. The zero-order chi connectivity index (χ0) is 25.2. The number of carbonyl (C=O) groups excluding carboxylic acids is 3. The van der Waals surface area contributed by atoms with Gasteiger partial charge >= 0.3 is 5.97 Å². The van der Waals surface area contributed by atoms with Crippen LogP contribution in [-0.2, 0) is 16.1 Å². The van der Waals surface area contributed by atoms with Gasteiger partial charge in [-0.1, -0.05) is 32.1 Å². The number of halogens is 2. The first-order chi connectivity index (χ1) is 16.7. The Balaban J connectivity index is 1.74. The number of rotatable bonds is 5. The molecule has 0 radical (unpaired) electrons. The van der Waals surface area contributed by atoms with Gasteiger partial charge in [-0.05, 0) is 38.8 Å². The lowest BCUT2D eigenvalue weighted by molar-refractivity contribution is -0.127. The van der Waals surface area contributed by atoms with E-state index in [-0.39, 0.29) is 36.3 Å². The fourth-order valence-corrected chi connectivity index (χ4v) is 4.87. The second-order valence-electron chi connectivity index (χ2n) is 9.32. The molecule has 1 aliphatic heterocycles. The molecule has 1 aliphatic carbocycles. The molecular weight excluding hydrogens is 458 g/mol. The minimum absolute atomic E-state index is 0.00741. The Labute approximate surface area is 202 Å². The average Bonchev–Trinajstić information content (AvgIpc) is 3.21. The minimum atomic E-state index is -1.58. The maximum Gasteiger partial charge on any atom is 0.358 e. The number of fused-ring (bicyclic) bond motifs is 1. The lowest BCUT2D eigenvalue weighted by Gasteiger charge is -2.43. The van der Waals surface area contributed by atoms with Crippen molar-refractivity contribution in [3.63, 3.8) is 0 Å². The molecule has 0 saturated heterocycles. The molecule has 10 heteroatoms. The standard InChI is InChI=1S/C25H30F2N4O4/c1-3-35-23(33)19-14-21-22(32)31(20-12-11-16(26)13-18(20)27)25(2,15-30(21)29-19)24(34)28-17-9-7-5-4-6-8-10-17/h11-14,17H,3-10,15H2,1-2H3,(H,28,34)/t25-/m1/s1. The van der Waals surface area contributed by atoms with Gasteiger partial charge in [-0.15, -0.1) is 0 Å². The van der Waals surface area contributed by atoms with Crippen molar-refractivity contribution >= 4 is 23.5 Å². The number of esters is 1. The summed E-state index contributed by atoms with van der Waals surface area (Å²) >= 11 is 0. The van der Waals surface area contributed by atoms with Gasteiger partial charge in [0.1, 0.15) is 22.9 Å². The first kappa shape index (κ1) is 24.8. The number of hydrogen-bond donors (Lipinski definition) is 1. The number of amides is 2. The van der Waals surface area contributed by atoms with Gasteiger partial charge in [0.15, 0.2) is 5.69 Å². The molecule has 1 aromatic carbocycles. The molecule has 2 aromatic rings. The Bertz CT molecular complexity index is 1130. The zero-order valence-corrected chi connectivity index (χ0v) is 20.0. The fourth-order valence-electron chi connectivity index (χ4n) is 4.87. The van der Waals surface area contributed by atoms with E-state index >= 15 is 0 Å². The van der Waals surface area contributed by atoms with Gasteiger partial charge in [0.25, 0.3) is 5.91 Å². The van der Waals surface area contributed by atoms with E-state index in [1.807, 2.05) is 0 Å². The second kappa shape index (κ2) is 10.1. The van der Waals surface area contributed by atoms with E-state index in [9.17, 15) is 23.2 Å². The molecule has 1 fully saturated rings. The molecule has 1 saturated carbocycles. The number of carbonyl (C=O) groups is 3. The van der Waals surface area contributed by atoms with Crippen molar-refractivity contribution < 1.29 is 27.9 Å². The molecule has 0 bridgehead atoms. The fraction of sp³-hybridized carbons (Fsp3) is 0.520. The summed E-state index contributed by atoms with van der Waals surface area (Å²) in [6, 6.07) is 4.05. The average molecular weight is 489 g/mol. The highest BCUT2D eigenvalue weighted by Gasteiger charge is 2.50. The van der Waals surface area contributed by atoms with Gasteiger partial charge in [-0.2, -0.15) is 5.10 Å². The molecule has 1 N–H and O–H groups in total. The molecule has 4 rings (SSSR count). The summed E-state index contributed by atoms with van der Waals surface area (Å²) in [5.41, 5.74) is -1.88. The summed E-state index contributed by atoms with van der Waals surface area (Å²) in [7, 11) is 0. The third kappa shape index (κ3) is 4.92. The SMILES string of the molecule is CCOC(=O)c1cc2n(n1)C[C@](C)(C(=O)NC1CCCCCCC1)N(c1ccc(F)cc1F)C2=O. The molecule has 2 heterocycles. The lowest BCUT2D eigenvalue weighted by atomic mass is 9.91. The molecule has 188 valence electrons. The highest BCUT2D eigenvalue weighted by Crippen LogP contribution is 2.35. The van der Waals surface area contributed by atoms with Crippen molar-refractivity contribution in [3.05, 3.63) is 47.3 Å². The van der Waals surface area contributed by atoms with Gasteiger partial charge < -0.3 is 10.1 Å². The van der Waals surface area contributed by atoms with Crippen molar-refractivity contribution in [2.24, 2.45) is 0 Å². The van der Waals surface area contributed by atoms with Crippen LogP contribution in [0, 0.1) is 11.6 Å². The molecule has 2 amide bonds. The molecule has 8 nitrogen and oxygen atoms in total. The van der Waals surface area contributed by atoms with Crippen LogP contribution in [0.4, 0.5) is 14.5 Å². The van der Waals surface area contributed by atoms with Crippen molar-refractivity contribution in [2.45, 2.75) is 76.9 Å². The van der Waals surface area contributed by atoms with Gasteiger partial charge in [0.2, 0.25) is 5.91 Å². The van der Waals surface area contributed by atoms with Crippen LogP contribution in [0.3, 0.4) is 0 Å². The van der Waals surface area contributed by atoms with Crippen molar-refractivity contribution in [1.82, 2.24) is 15.1 Å². The predicted octanol–water partition coefficient (Wildman–Crippen LogP) is 3.99. The Morgan fingerprint density at radius 3 is 2.49 bits per heavy atom. The number of ether oxygens (including phenoxy) is 1. The molecule has 1 aromatic heterocycles. The molecule has 0 spiro atoms. The van der Waals surface area contributed by atoms with Crippen LogP contribution >= 0.6 is 0 Å². The highest BCUT2D eigenvalue weighted by molar-refractivity contribution is 6.12. The van der Waals surface area contributed by atoms with Crippen LogP contribution in [-0.4, -0.2) is 45.8 Å². The van der Waals surface area contributed by atoms with E-state index in [0.717, 1.165) is 55.6 Å². The van der Waals surface area contributed by atoms with Gasteiger partial charge in [-0.25, -0.2) is 13.6 Å². The number of aromatic nitrogens is 2. The van der Waals surface area contributed by atoms with Crippen LogP contribution < -0.4 is 10.2 Å². The molecule has 0 unspecified atom stereocenters. The zero-order valence-electron chi connectivity index (χ0n) is 20.0. The third-order valence-corrected chi connectivity index (χ3v) is 6.72. The summed E-state index contributed by atoms with van der Waals surface area (Å²) in [5, 5.41) is 7.26. The smallest absolute Gasteiger partial charge is 0.358 e. The van der Waals surface area contributed by atoms with E-state index in [2.05, 4.69) is 10.4 Å². The largest absolute Gasteiger partial charge is 0.461 e. The van der Waals surface area contributed by atoms with E-state index in [1.165, 1.54) is 24.1 Å². The predicted molar refractivity (Wildman–Crippen MR) is 124 cm³/mol. The summed E-state index contributed by atoms with van der Waals surface area (Å²) in [6.07, 6.45) is 6.99. The van der Waals surface area contributed by atoms with Gasteiger partial charge in [0, 0.05) is 18.2 Å². The van der Waals surface area contributed by atoms with Gasteiger partial charge in [-0.3, -0.25) is 19.2 Å². The molecule has 1 atom stereocenters. The number of hydrogen-bond acceptors (Lipinski definition) is 5. The van der Waals surface area contributed by atoms with Crippen LogP contribution in [0.5, 0.6) is 0 Å². The summed E-state index contributed by atoms with van der Waals surface area (Å²) in [6.45, 7) is 3.18. The second-order valence-corrected chi connectivity index (χ2v) is 9.32. The van der Waals surface area contributed by atoms with Crippen molar-refractivity contribution in [2.75, 3.05) is 11.5 Å². The van der Waals surface area contributed by atoms with E-state index in [1.54, 1.807) is 6.92 Å². The van der Waals surface area contributed by atoms with E-state index in [4.69, 9.17) is 4.74 Å². The van der Waals surface area contributed by atoms with E-state index in [0.29, 0.717) is 6.07 Å². The normalized spacial score (nSPS) is 21.1. The van der Waals surface area contributed by atoms with E-state index < -0.39 is 35.0 Å². The number of nitrogens with zero attached hydrogens (tertiary/aromatic N) is 3. The third-order valence-electron chi connectivity index (χ3n) is 6.72.